The number of halogens is 1. The molecule has 0 aromatic carbocycles. The summed E-state index contributed by atoms with van der Waals surface area (Å²) in [6, 6.07) is 3.79. The van der Waals surface area contributed by atoms with Gasteiger partial charge in [-0.1, -0.05) is 19.4 Å². The molecule has 0 aliphatic heterocycles. The minimum atomic E-state index is -0.364. The summed E-state index contributed by atoms with van der Waals surface area (Å²) in [6.07, 6.45) is 1.69. The molecule has 0 spiro atoms. The first-order chi connectivity index (χ1) is 7.57. The molecular formula is C12H21ClN2OS. The van der Waals surface area contributed by atoms with Gasteiger partial charge in [-0.25, -0.2) is 0 Å². The van der Waals surface area contributed by atoms with E-state index < -0.39 is 0 Å². The van der Waals surface area contributed by atoms with Crippen LogP contribution in [0.5, 0.6) is 0 Å². The Morgan fingerprint density at radius 3 is 2.71 bits per heavy atom. The average Bonchev–Trinajstić information content (AvgIpc) is 2.79. The van der Waals surface area contributed by atoms with Crippen LogP contribution in [-0.2, 0) is 4.79 Å². The van der Waals surface area contributed by atoms with Crippen LogP contribution in [0.25, 0.3) is 0 Å². The van der Waals surface area contributed by atoms with Gasteiger partial charge in [-0.2, -0.15) is 0 Å². The molecule has 1 amide bonds. The lowest BCUT2D eigenvalue weighted by atomic mass is 10.1. The highest BCUT2D eigenvalue weighted by molar-refractivity contribution is 7.10. The maximum Gasteiger partial charge on any atom is 0.239 e. The molecule has 0 fully saturated rings. The summed E-state index contributed by atoms with van der Waals surface area (Å²) in [5, 5.41) is 2.02. The van der Waals surface area contributed by atoms with E-state index in [-0.39, 0.29) is 30.4 Å². The van der Waals surface area contributed by atoms with E-state index >= 15 is 0 Å². The quantitative estimate of drug-likeness (QED) is 0.899. The number of carbonyl (C=O) groups is 1. The van der Waals surface area contributed by atoms with Gasteiger partial charge in [0.15, 0.2) is 0 Å². The second kappa shape index (κ2) is 7.69. The van der Waals surface area contributed by atoms with E-state index in [9.17, 15) is 4.79 Å². The number of rotatable bonds is 5. The van der Waals surface area contributed by atoms with E-state index in [4.69, 9.17) is 5.73 Å². The fourth-order valence-electron chi connectivity index (χ4n) is 1.61. The van der Waals surface area contributed by atoms with Gasteiger partial charge in [0.1, 0.15) is 0 Å². The fraction of sp³-hybridized carbons (Fsp3) is 0.583. The lowest BCUT2D eigenvalue weighted by molar-refractivity contribution is -0.133. The zero-order valence-electron chi connectivity index (χ0n) is 10.6. The van der Waals surface area contributed by atoms with Crippen LogP contribution in [0, 0.1) is 0 Å². The normalized spacial score (nSPS) is 13.6. The minimum absolute atomic E-state index is 0. The molecule has 98 valence electrons. The van der Waals surface area contributed by atoms with Crippen molar-refractivity contribution in [1.82, 2.24) is 4.90 Å². The van der Waals surface area contributed by atoms with Crippen molar-refractivity contribution in [3.05, 3.63) is 22.4 Å². The molecule has 2 N–H and O–H groups in total. The average molecular weight is 277 g/mol. The summed E-state index contributed by atoms with van der Waals surface area (Å²) in [4.78, 5) is 14.9. The van der Waals surface area contributed by atoms with Gasteiger partial charge in [0.25, 0.3) is 0 Å². The van der Waals surface area contributed by atoms with E-state index in [0.717, 1.165) is 12.8 Å². The van der Waals surface area contributed by atoms with Gasteiger partial charge in [0.05, 0.1) is 12.1 Å². The maximum absolute atomic E-state index is 12.0. The van der Waals surface area contributed by atoms with E-state index in [1.807, 2.05) is 38.4 Å². The summed E-state index contributed by atoms with van der Waals surface area (Å²) >= 11 is 1.67. The number of thiophene rings is 1. The molecule has 1 aromatic heterocycles. The molecule has 0 aliphatic rings. The van der Waals surface area contributed by atoms with Crippen molar-refractivity contribution in [2.75, 3.05) is 7.05 Å². The first-order valence-corrected chi connectivity index (χ1v) is 6.51. The summed E-state index contributed by atoms with van der Waals surface area (Å²) in [6.45, 7) is 4.07. The standard InChI is InChI=1S/C12H20N2OS.ClH/c1-4-6-10(13)12(15)14(3)9(2)11-7-5-8-16-11;/h5,7-10H,4,6,13H2,1-3H3;1H. The molecule has 5 heteroatoms. The van der Waals surface area contributed by atoms with Crippen LogP contribution in [-0.4, -0.2) is 23.9 Å². The molecule has 2 unspecified atom stereocenters. The highest BCUT2D eigenvalue weighted by Crippen LogP contribution is 2.23. The van der Waals surface area contributed by atoms with Gasteiger partial charge >= 0.3 is 0 Å². The maximum atomic E-state index is 12.0. The van der Waals surface area contributed by atoms with E-state index in [2.05, 4.69) is 0 Å². The molecule has 0 aliphatic carbocycles. The number of nitrogens with zero attached hydrogens (tertiary/aromatic N) is 1. The van der Waals surface area contributed by atoms with Crippen molar-refractivity contribution < 1.29 is 4.79 Å². The highest BCUT2D eigenvalue weighted by Gasteiger charge is 2.22. The predicted molar refractivity (Wildman–Crippen MR) is 75.6 cm³/mol. The Morgan fingerprint density at radius 1 is 1.59 bits per heavy atom. The fourth-order valence-corrected chi connectivity index (χ4v) is 2.43. The number of hydrogen-bond donors (Lipinski definition) is 1. The number of carbonyl (C=O) groups excluding carboxylic acids is 1. The van der Waals surface area contributed by atoms with Crippen molar-refractivity contribution in [1.29, 1.82) is 0 Å². The number of nitrogens with two attached hydrogens (primary N) is 1. The van der Waals surface area contributed by atoms with Crippen LogP contribution in [0.4, 0.5) is 0 Å². The van der Waals surface area contributed by atoms with Crippen LogP contribution in [0.15, 0.2) is 17.5 Å². The van der Waals surface area contributed by atoms with Crippen molar-refractivity contribution in [3.8, 4) is 0 Å². The molecule has 1 aromatic rings. The Kier molecular flexibility index (Phi) is 7.43. The van der Waals surface area contributed by atoms with Crippen molar-refractivity contribution in [2.45, 2.75) is 38.8 Å². The van der Waals surface area contributed by atoms with Crippen molar-refractivity contribution >= 4 is 29.7 Å². The molecule has 0 bridgehead atoms. The van der Waals surface area contributed by atoms with Gasteiger partial charge < -0.3 is 10.6 Å². The van der Waals surface area contributed by atoms with Gasteiger partial charge in [-0.05, 0) is 24.8 Å². The lowest BCUT2D eigenvalue weighted by Crippen LogP contribution is -2.42. The monoisotopic (exact) mass is 276 g/mol. The topological polar surface area (TPSA) is 46.3 Å². The molecule has 17 heavy (non-hydrogen) atoms. The molecule has 1 heterocycles. The number of hydrogen-bond acceptors (Lipinski definition) is 3. The van der Waals surface area contributed by atoms with Gasteiger partial charge in [-0.3, -0.25) is 4.79 Å². The van der Waals surface area contributed by atoms with Crippen LogP contribution < -0.4 is 5.73 Å². The smallest absolute Gasteiger partial charge is 0.239 e. The van der Waals surface area contributed by atoms with E-state index in [1.165, 1.54) is 4.88 Å². The van der Waals surface area contributed by atoms with Gasteiger partial charge in [0.2, 0.25) is 5.91 Å². The lowest BCUT2D eigenvalue weighted by Gasteiger charge is -2.26. The second-order valence-corrected chi connectivity index (χ2v) is 5.01. The summed E-state index contributed by atoms with van der Waals surface area (Å²) in [5.74, 6) is 0.0303. The zero-order valence-corrected chi connectivity index (χ0v) is 12.2. The largest absolute Gasteiger partial charge is 0.337 e. The van der Waals surface area contributed by atoms with Crippen LogP contribution in [0.1, 0.15) is 37.6 Å². The Hall–Kier alpha value is -0.580. The van der Waals surface area contributed by atoms with Crippen molar-refractivity contribution in [2.24, 2.45) is 5.73 Å². The molecule has 1 rings (SSSR count). The molecule has 3 nitrogen and oxygen atoms in total. The summed E-state index contributed by atoms with van der Waals surface area (Å²) < 4.78 is 0. The Bertz CT molecular complexity index is 329. The third-order valence-corrected chi connectivity index (χ3v) is 3.84. The van der Waals surface area contributed by atoms with Crippen molar-refractivity contribution in [3.63, 3.8) is 0 Å². The molecule has 2 atom stereocenters. The number of amides is 1. The minimum Gasteiger partial charge on any atom is -0.337 e. The van der Waals surface area contributed by atoms with Crippen LogP contribution in [0.2, 0.25) is 0 Å². The summed E-state index contributed by atoms with van der Waals surface area (Å²) in [5.41, 5.74) is 5.83. The van der Waals surface area contributed by atoms with E-state index in [0.29, 0.717) is 0 Å². The highest BCUT2D eigenvalue weighted by atomic mass is 35.5. The van der Waals surface area contributed by atoms with E-state index in [1.54, 1.807) is 16.2 Å². The first kappa shape index (κ1) is 16.4. The molecule has 0 saturated carbocycles. The molecule has 0 saturated heterocycles. The Morgan fingerprint density at radius 2 is 2.24 bits per heavy atom. The predicted octanol–water partition coefficient (Wildman–Crippen LogP) is 2.82. The zero-order chi connectivity index (χ0) is 12.1. The first-order valence-electron chi connectivity index (χ1n) is 5.63. The van der Waals surface area contributed by atoms with Crippen LogP contribution in [0.3, 0.4) is 0 Å². The second-order valence-electron chi connectivity index (χ2n) is 4.04. The summed E-state index contributed by atoms with van der Waals surface area (Å²) in [7, 11) is 1.82. The molecule has 0 radical (unpaired) electrons. The Balaban J connectivity index is 0.00000256. The molecular weight excluding hydrogens is 256 g/mol. The Labute approximate surface area is 113 Å². The number of likely N-dealkylation sites (N-methyl/N-ethyl adjacent to an activating group) is 1. The SMILES string of the molecule is CCCC(N)C(=O)N(C)C(C)c1cccs1.Cl. The third kappa shape index (κ3) is 4.30. The van der Waals surface area contributed by atoms with Gasteiger partial charge in [-0.15, -0.1) is 23.7 Å². The van der Waals surface area contributed by atoms with Crippen LogP contribution >= 0.6 is 23.7 Å². The van der Waals surface area contributed by atoms with Gasteiger partial charge in [0, 0.05) is 11.9 Å². The third-order valence-electron chi connectivity index (χ3n) is 2.80.